The van der Waals surface area contributed by atoms with Crippen molar-refractivity contribution in [3.8, 4) is 101 Å². The van der Waals surface area contributed by atoms with Gasteiger partial charge in [-0.3, -0.25) is 0 Å². The number of nitrogens with zero attached hydrogens (tertiary/aromatic N) is 4. The predicted octanol–water partition coefficient (Wildman–Crippen LogP) is 16.0. The number of benzene rings is 10. The Morgan fingerprint density at radius 3 is 1.62 bits per heavy atom. The number of rotatable bonds is 7. The molecule has 64 heavy (non-hydrogen) atoms. The zero-order valence-electron chi connectivity index (χ0n) is 34.6. The molecule has 0 radical (unpaired) electrons. The van der Waals surface area contributed by atoms with Gasteiger partial charge in [0.25, 0.3) is 0 Å². The predicted molar refractivity (Wildman–Crippen MR) is 264 cm³/mol. The lowest BCUT2D eigenvalue weighted by Gasteiger charge is -2.15. The van der Waals surface area contributed by atoms with Crippen LogP contribution < -0.4 is 0 Å². The van der Waals surface area contributed by atoms with Gasteiger partial charge in [0.1, 0.15) is 0 Å². The topological polar surface area (TPSA) is 43.0 Å². The van der Waals surface area contributed by atoms with Gasteiger partial charge in [-0.2, -0.15) is 0 Å². The molecule has 1 aliphatic carbocycles. The van der Waals surface area contributed by atoms with Crippen LogP contribution >= 0.6 is 0 Å². The molecule has 12 rings (SSSR count). The molecule has 296 valence electrons. The van der Waals surface area contributed by atoms with E-state index >= 15 is 0 Å². The lowest BCUT2D eigenvalue weighted by Crippen LogP contribution is -2.00. The zero-order chi connectivity index (χ0) is 42.6. The first kappa shape index (κ1) is 37.0. The average Bonchev–Trinajstić information content (AvgIpc) is 3.70. The van der Waals surface area contributed by atoms with Gasteiger partial charge < -0.3 is 0 Å². The minimum atomic E-state index is 0.598. The Bertz CT molecular complexity index is 3670. The van der Waals surface area contributed by atoms with Gasteiger partial charge in [-0.05, 0) is 113 Å². The van der Waals surface area contributed by atoms with Gasteiger partial charge in [-0.25, -0.2) is 19.8 Å². The maximum atomic E-state index is 8.25. The van der Waals surface area contributed by atoms with Gasteiger partial charge >= 0.3 is 0 Å². The van der Waals surface area contributed by atoms with Gasteiger partial charge in [0.15, 0.2) is 23.2 Å². The molecule has 0 bridgehead atoms. The molecule has 0 N–H and O–H groups in total. The molecule has 1 aliphatic rings. The summed E-state index contributed by atoms with van der Waals surface area (Å²) in [5.74, 6) is 1.84. The van der Waals surface area contributed by atoms with E-state index in [2.05, 4.69) is 181 Å². The molecule has 4 heteroatoms. The Kier molecular flexibility index (Phi) is 8.84. The molecule has 10 aromatic carbocycles. The average molecular weight is 813 g/mol. The van der Waals surface area contributed by atoms with E-state index in [4.69, 9.17) is 21.5 Å². The smallest absolute Gasteiger partial charge is 0.195 e. The van der Waals surface area contributed by atoms with Crippen LogP contribution in [0.15, 0.2) is 218 Å². The van der Waals surface area contributed by atoms with E-state index in [9.17, 15) is 0 Å². The standard InChI is InChI=1S/C60H36N4/c1-61-55-29-13-26-49(40-32-30-38(31-33-40)47-36-44-21-12-27-52-50-24-7-8-25-51(50)54(37-47)56(44)52)57(55)45-20-9-18-42(34-45)43-19-10-22-46(35-43)59-62-58(41-15-3-2-4-16-41)63-60(64-59)53-28-11-17-39-14-5-6-23-48(39)53/h2-37H. The number of aromatic nitrogens is 3. The highest BCUT2D eigenvalue weighted by atomic mass is 15.0. The molecule has 4 nitrogen and oxygen atoms in total. The van der Waals surface area contributed by atoms with E-state index in [1.807, 2.05) is 42.5 Å². The zero-order valence-corrected chi connectivity index (χ0v) is 34.6. The fourth-order valence-corrected chi connectivity index (χ4v) is 9.46. The van der Waals surface area contributed by atoms with Crippen LogP contribution in [-0.2, 0) is 0 Å². The van der Waals surface area contributed by atoms with Crippen molar-refractivity contribution in [3.63, 3.8) is 0 Å². The Morgan fingerprint density at radius 1 is 0.297 bits per heavy atom. The third-order valence-electron chi connectivity index (χ3n) is 12.5. The minimum absolute atomic E-state index is 0.598. The summed E-state index contributed by atoms with van der Waals surface area (Å²) < 4.78 is 0. The van der Waals surface area contributed by atoms with E-state index in [1.54, 1.807) is 0 Å². The second-order valence-corrected chi connectivity index (χ2v) is 16.2. The second-order valence-electron chi connectivity index (χ2n) is 16.2. The third-order valence-corrected chi connectivity index (χ3v) is 12.5. The van der Waals surface area contributed by atoms with E-state index in [0.717, 1.165) is 66.4 Å². The van der Waals surface area contributed by atoms with Crippen molar-refractivity contribution in [2.45, 2.75) is 0 Å². The Balaban J connectivity index is 0.913. The van der Waals surface area contributed by atoms with Crippen molar-refractivity contribution in [2.75, 3.05) is 0 Å². The van der Waals surface area contributed by atoms with Gasteiger partial charge in [-0.15, -0.1) is 0 Å². The van der Waals surface area contributed by atoms with Gasteiger partial charge in [0.05, 0.1) is 6.57 Å². The normalized spacial score (nSPS) is 11.4. The molecule has 0 saturated heterocycles. The van der Waals surface area contributed by atoms with E-state index in [1.165, 1.54) is 38.6 Å². The van der Waals surface area contributed by atoms with E-state index < -0.39 is 0 Å². The Hall–Kier alpha value is -8.78. The monoisotopic (exact) mass is 812 g/mol. The quantitative estimate of drug-likeness (QED) is 0.151. The fraction of sp³-hybridized carbons (Fsp3) is 0. The van der Waals surface area contributed by atoms with E-state index in [0.29, 0.717) is 23.2 Å². The number of hydrogen-bond acceptors (Lipinski definition) is 3. The minimum Gasteiger partial charge on any atom is -0.237 e. The van der Waals surface area contributed by atoms with Crippen LogP contribution in [0.2, 0.25) is 0 Å². The fourth-order valence-electron chi connectivity index (χ4n) is 9.46. The Labute approximate surface area is 371 Å². The summed E-state index contributed by atoms with van der Waals surface area (Å²) in [5.41, 5.74) is 16.9. The van der Waals surface area contributed by atoms with Gasteiger partial charge in [0.2, 0.25) is 0 Å². The first-order valence-corrected chi connectivity index (χ1v) is 21.5. The lowest BCUT2D eigenvalue weighted by molar-refractivity contribution is 1.08. The maximum Gasteiger partial charge on any atom is 0.195 e. The molecular weight excluding hydrogens is 777 g/mol. The Morgan fingerprint density at radius 2 is 0.828 bits per heavy atom. The van der Waals surface area contributed by atoms with Crippen LogP contribution in [0.1, 0.15) is 0 Å². The van der Waals surface area contributed by atoms with Crippen molar-refractivity contribution >= 4 is 27.2 Å². The van der Waals surface area contributed by atoms with Crippen LogP contribution in [0.3, 0.4) is 0 Å². The van der Waals surface area contributed by atoms with Gasteiger partial charge in [0, 0.05) is 16.7 Å². The van der Waals surface area contributed by atoms with Crippen molar-refractivity contribution in [3.05, 3.63) is 230 Å². The number of fused-ring (bicyclic) bond motifs is 4. The van der Waals surface area contributed by atoms with Crippen LogP contribution in [0.4, 0.5) is 5.69 Å². The summed E-state index contributed by atoms with van der Waals surface area (Å²) in [7, 11) is 0. The molecule has 1 aromatic heterocycles. The summed E-state index contributed by atoms with van der Waals surface area (Å²) in [6, 6.07) is 76.3. The molecule has 11 aromatic rings. The number of hydrogen-bond donors (Lipinski definition) is 0. The first-order chi connectivity index (χ1) is 31.7. The van der Waals surface area contributed by atoms with Crippen LogP contribution in [0.25, 0.3) is 127 Å². The summed E-state index contributed by atoms with van der Waals surface area (Å²) in [4.78, 5) is 19.2. The van der Waals surface area contributed by atoms with Crippen molar-refractivity contribution in [2.24, 2.45) is 0 Å². The summed E-state index contributed by atoms with van der Waals surface area (Å²) in [5, 5.41) is 4.79. The summed E-state index contributed by atoms with van der Waals surface area (Å²) in [6.07, 6.45) is 0. The summed E-state index contributed by atoms with van der Waals surface area (Å²) in [6.45, 7) is 8.25. The highest BCUT2D eigenvalue weighted by Crippen LogP contribution is 2.49. The molecule has 1 heterocycles. The molecule has 0 fully saturated rings. The maximum absolute atomic E-state index is 8.25. The summed E-state index contributed by atoms with van der Waals surface area (Å²) >= 11 is 0. The molecule has 0 unspecified atom stereocenters. The third kappa shape index (κ3) is 6.35. The largest absolute Gasteiger partial charge is 0.237 e. The van der Waals surface area contributed by atoms with Crippen LogP contribution in [-0.4, -0.2) is 15.0 Å². The SMILES string of the molecule is [C-]#[N+]c1cccc(-c2ccc(-c3cc4c5c(cccc5c3)-c3ccccc3-4)cc2)c1-c1cccc(-c2cccc(-c3nc(-c4ccccc4)nc(-c4cccc5ccccc45)n3)c2)c1. The molecular formula is C60H36N4. The highest BCUT2D eigenvalue weighted by molar-refractivity contribution is 6.16. The van der Waals surface area contributed by atoms with Crippen LogP contribution in [0, 0.1) is 6.57 Å². The lowest BCUT2D eigenvalue weighted by atomic mass is 9.90. The van der Waals surface area contributed by atoms with Crippen LogP contribution in [0.5, 0.6) is 0 Å². The van der Waals surface area contributed by atoms with Gasteiger partial charge in [-0.1, -0.05) is 194 Å². The second kappa shape index (κ2) is 15.3. The molecule has 0 aliphatic heterocycles. The molecule has 0 amide bonds. The molecule has 0 spiro atoms. The van der Waals surface area contributed by atoms with E-state index in [-0.39, 0.29) is 0 Å². The van der Waals surface area contributed by atoms with Crippen molar-refractivity contribution in [1.29, 1.82) is 0 Å². The van der Waals surface area contributed by atoms with Crippen molar-refractivity contribution < 1.29 is 0 Å². The van der Waals surface area contributed by atoms with Crippen molar-refractivity contribution in [1.82, 2.24) is 15.0 Å². The molecule has 0 saturated carbocycles. The highest BCUT2D eigenvalue weighted by Gasteiger charge is 2.22. The molecule has 0 atom stereocenters. The first-order valence-electron chi connectivity index (χ1n) is 21.5.